The second-order valence-corrected chi connectivity index (χ2v) is 7.17. The van der Waals surface area contributed by atoms with Gasteiger partial charge in [0.25, 0.3) is 0 Å². The highest BCUT2D eigenvalue weighted by molar-refractivity contribution is 5.94. The zero-order valence-corrected chi connectivity index (χ0v) is 17.1. The number of carbonyl (C=O) groups is 1. The first-order chi connectivity index (χ1) is 13.5. The van der Waals surface area contributed by atoms with Crippen LogP contribution in [0.2, 0.25) is 0 Å². The number of aryl methyl sites for hydroxylation is 1. The van der Waals surface area contributed by atoms with Crippen LogP contribution < -0.4 is 14.8 Å². The number of amides is 1. The summed E-state index contributed by atoms with van der Waals surface area (Å²) in [5.41, 5.74) is 2.42. The lowest BCUT2D eigenvalue weighted by molar-refractivity contribution is -0.122. The van der Waals surface area contributed by atoms with Crippen molar-refractivity contribution in [1.82, 2.24) is 10.1 Å². The molecule has 0 bridgehead atoms. The first-order valence-electron chi connectivity index (χ1n) is 9.77. The van der Waals surface area contributed by atoms with Gasteiger partial charge in [0.05, 0.1) is 20.3 Å². The van der Waals surface area contributed by atoms with Gasteiger partial charge in [0.2, 0.25) is 5.91 Å². The molecular weight excluding hydrogens is 358 g/mol. The Balaban J connectivity index is 1.78. The van der Waals surface area contributed by atoms with Crippen LogP contribution in [0.3, 0.4) is 0 Å². The summed E-state index contributed by atoms with van der Waals surface area (Å²) in [7, 11) is 3.29. The van der Waals surface area contributed by atoms with Crippen molar-refractivity contribution in [2.75, 3.05) is 26.1 Å². The van der Waals surface area contributed by atoms with E-state index < -0.39 is 0 Å². The summed E-state index contributed by atoms with van der Waals surface area (Å²) in [6.07, 6.45) is 3.71. The van der Waals surface area contributed by atoms with Crippen LogP contribution in [0.1, 0.15) is 43.1 Å². The van der Waals surface area contributed by atoms with E-state index in [4.69, 9.17) is 14.0 Å². The van der Waals surface area contributed by atoms with Crippen LogP contribution >= 0.6 is 0 Å². The van der Waals surface area contributed by atoms with Gasteiger partial charge in [0.1, 0.15) is 5.76 Å². The molecule has 1 unspecified atom stereocenters. The first kappa shape index (κ1) is 20.2. The number of nitrogens with one attached hydrogen (secondary N) is 1. The van der Waals surface area contributed by atoms with Crippen molar-refractivity contribution < 1.29 is 18.8 Å². The van der Waals surface area contributed by atoms with E-state index in [1.54, 1.807) is 27.2 Å². The number of methoxy groups -OCH3 is 2. The quantitative estimate of drug-likeness (QED) is 0.746. The van der Waals surface area contributed by atoms with E-state index in [0.717, 1.165) is 43.7 Å². The molecule has 0 spiro atoms. The molecule has 0 saturated heterocycles. The molecule has 1 N–H and O–H groups in total. The van der Waals surface area contributed by atoms with E-state index in [0.29, 0.717) is 18.1 Å². The van der Waals surface area contributed by atoms with E-state index >= 15 is 0 Å². The molecule has 0 radical (unpaired) electrons. The van der Waals surface area contributed by atoms with Gasteiger partial charge in [0.15, 0.2) is 17.3 Å². The van der Waals surface area contributed by atoms with Crippen molar-refractivity contribution in [3.05, 3.63) is 35.1 Å². The third kappa shape index (κ3) is 4.47. The van der Waals surface area contributed by atoms with E-state index in [1.807, 2.05) is 12.1 Å². The highest BCUT2D eigenvalue weighted by atomic mass is 16.5. The van der Waals surface area contributed by atoms with Gasteiger partial charge in [-0.2, -0.15) is 0 Å². The lowest BCUT2D eigenvalue weighted by atomic mass is 9.96. The van der Waals surface area contributed by atoms with Crippen LogP contribution in [0.4, 0.5) is 5.82 Å². The Bertz CT molecular complexity index is 818. The number of ether oxygens (including phenoxy) is 2. The van der Waals surface area contributed by atoms with E-state index in [1.165, 1.54) is 11.1 Å². The standard InChI is InChI=1S/C21H29N3O4/c1-5-6-7-17(21(25)22-20-10-14(2)28-23-20)24-9-8-15-11-18(26-3)19(27-4)12-16(15)13-24/h10-12,17H,5-9,13H2,1-4H3,(H,22,23,25). The molecule has 1 atom stereocenters. The summed E-state index contributed by atoms with van der Waals surface area (Å²) >= 11 is 0. The Morgan fingerprint density at radius 1 is 1.25 bits per heavy atom. The maximum atomic E-state index is 13.0. The second-order valence-electron chi connectivity index (χ2n) is 7.17. The predicted octanol–water partition coefficient (Wildman–Crippen LogP) is 3.56. The Labute approximate surface area is 166 Å². The van der Waals surface area contributed by atoms with Crippen molar-refractivity contribution >= 4 is 11.7 Å². The highest BCUT2D eigenvalue weighted by Gasteiger charge is 2.30. The molecule has 0 aliphatic carbocycles. The summed E-state index contributed by atoms with van der Waals surface area (Å²) in [6, 6.07) is 5.59. The summed E-state index contributed by atoms with van der Waals surface area (Å²) in [5, 5.41) is 6.79. The van der Waals surface area contributed by atoms with Crippen LogP contribution in [0.25, 0.3) is 0 Å². The number of hydrogen-bond donors (Lipinski definition) is 1. The van der Waals surface area contributed by atoms with Gasteiger partial charge < -0.3 is 19.3 Å². The Hall–Kier alpha value is -2.54. The third-order valence-electron chi connectivity index (χ3n) is 5.20. The van der Waals surface area contributed by atoms with Crippen LogP contribution in [0.15, 0.2) is 22.7 Å². The fourth-order valence-corrected chi connectivity index (χ4v) is 3.68. The Morgan fingerprint density at radius 3 is 2.57 bits per heavy atom. The topological polar surface area (TPSA) is 76.8 Å². The number of hydrogen-bond acceptors (Lipinski definition) is 6. The van der Waals surface area contributed by atoms with E-state index in [9.17, 15) is 4.79 Å². The summed E-state index contributed by atoms with van der Waals surface area (Å²) in [4.78, 5) is 15.2. The largest absolute Gasteiger partial charge is 0.493 e. The average molecular weight is 387 g/mol. The molecule has 2 aromatic rings. The van der Waals surface area contributed by atoms with Crippen molar-refractivity contribution in [1.29, 1.82) is 0 Å². The first-order valence-corrected chi connectivity index (χ1v) is 9.77. The van der Waals surface area contributed by atoms with Crippen molar-refractivity contribution in [2.45, 2.75) is 52.1 Å². The molecule has 1 amide bonds. The molecule has 7 nitrogen and oxygen atoms in total. The minimum Gasteiger partial charge on any atom is -0.493 e. The van der Waals surface area contributed by atoms with Gasteiger partial charge in [0, 0.05) is 19.2 Å². The lowest BCUT2D eigenvalue weighted by Gasteiger charge is -2.35. The molecule has 1 aromatic heterocycles. The lowest BCUT2D eigenvalue weighted by Crippen LogP contribution is -2.46. The second kappa shape index (κ2) is 9.10. The Morgan fingerprint density at radius 2 is 1.96 bits per heavy atom. The minimum absolute atomic E-state index is 0.0364. The summed E-state index contributed by atoms with van der Waals surface area (Å²) in [5.74, 6) is 2.57. The van der Waals surface area contributed by atoms with Gasteiger partial charge in [-0.15, -0.1) is 0 Å². The molecule has 0 saturated carbocycles. The molecule has 0 fully saturated rings. The zero-order chi connectivity index (χ0) is 20.1. The zero-order valence-electron chi connectivity index (χ0n) is 17.1. The van der Waals surface area contributed by atoms with Crippen molar-refractivity contribution in [3.63, 3.8) is 0 Å². The van der Waals surface area contributed by atoms with Crippen LogP contribution in [0, 0.1) is 6.92 Å². The number of anilines is 1. The van der Waals surface area contributed by atoms with Gasteiger partial charge in [-0.1, -0.05) is 24.9 Å². The number of carbonyl (C=O) groups excluding carboxylic acids is 1. The third-order valence-corrected chi connectivity index (χ3v) is 5.20. The fourth-order valence-electron chi connectivity index (χ4n) is 3.68. The van der Waals surface area contributed by atoms with Crippen molar-refractivity contribution in [2.24, 2.45) is 0 Å². The van der Waals surface area contributed by atoms with Crippen LogP contribution in [-0.2, 0) is 17.8 Å². The summed E-state index contributed by atoms with van der Waals surface area (Å²) in [6.45, 7) is 5.47. The predicted molar refractivity (Wildman–Crippen MR) is 107 cm³/mol. The van der Waals surface area contributed by atoms with Crippen LogP contribution in [-0.4, -0.2) is 42.8 Å². The fraction of sp³-hybridized carbons (Fsp3) is 0.524. The molecule has 3 rings (SSSR count). The van der Waals surface area contributed by atoms with Gasteiger partial charge in [-0.05, 0) is 43.0 Å². The molecule has 28 heavy (non-hydrogen) atoms. The minimum atomic E-state index is -0.210. The smallest absolute Gasteiger partial charge is 0.242 e. The SMILES string of the molecule is CCCCC(C(=O)Nc1cc(C)on1)N1CCc2cc(OC)c(OC)cc2C1. The number of nitrogens with zero attached hydrogens (tertiary/aromatic N) is 2. The van der Waals surface area contributed by atoms with Gasteiger partial charge in [-0.3, -0.25) is 9.69 Å². The molecule has 2 heterocycles. The summed E-state index contributed by atoms with van der Waals surface area (Å²) < 4.78 is 15.9. The highest BCUT2D eigenvalue weighted by Crippen LogP contribution is 2.34. The number of benzene rings is 1. The number of fused-ring (bicyclic) bond motifs is 1. The number of aromatic nitrogens is 1. The van der Waals surface area contributed by atoms with Crippen molar-refractivity contribution in [3.8, 4) is 11.5 Å². The molecule has 7 heteroatoms. The van der Waals surface area contributed by atoms with Crippen LogP contribution in [0.5, 0.6) is 11.5 Å². The number of unbranched alkanes of at least 4 members (excludes halogenated alkanes) is 1. The average Bonchev–Trinajstić information content (AvgIpc) is 3.11. The molecule has 152 valence electrons. The number of rotatable bonds is 8. The maximum Gasteiger partial charge on any atom is 0.242 e. The monoisotopic (exact) mass is 387 g/mol. The molecule has 1 aromatic carbocycles. The normalized spacial score (nSPS) is 15.0. The Kier molecular flexibility index (Phi) is 6.57. The van der Waals surface area contributed by atoms with E-state index in [2.05, 4.69) is 22.3 Å². The maximum absolute atomic E-state index is 13.0. The van der Waals surface area contributed by atoms with Gasteiger partial charge >= 0.3 is 0 Å². The molecule has 1 aliphatic rings. The molecule has 1 aliphatic heterocycles. The molecular formula is C21H29N3O4. The van der Waals surface area contributed by atoms with E-state index in [-0.39, 0.29) is 11.9 Å². The van der Waals surface area contributed by atoms with Gasteiger partial charge in [-0.25, -0.2) is 0 Å².